The van der Waals surface area contributed by atoms with E-state index >= 15 is 0 Å². The Hall–Kier alpha value is -1.52. The Balaban J connectivity index is 2.11. The van der Waals surface area contributed by atoms with Crippen molar-refractivity contribution in [1.29, 1.82) is 0 Å². The minimum Gasteiger partial charge on any atom is -0.374 e. The summed E-state index contributed by atoms with van der Waals surface area (Å²) >= 11 is 0.819. The van der Waals surface area contributed by atoms with E-state index in [1.165, 1.54) is 0 Å². The smallest absolute Gasteiger partial charge is 0.270 e. The summed E-state index contributed by atoms with van der Waals surface area (Å²) < 4.78 is 27.4. The van der Waals surface area contributed by atoms with Gasteiger partial charge in [0.1, 0.15) is 0 Å². The minimum absolute atomic E-state index is 0.117. The van der Waals surface area contributed by atoms with E-state index in [4.69, 9.17) is 5.73 Å². The van der Waals surface area contributed by atoms with Gasteiger partial charge in [0.25, 0.3) is 10.0 Å². The molecule has 0 radical (unpaired) electrons. The molecule has 3 N–H and O–H groups in total. The number of sulfonamides is 1. The zero-order valence-corrected chi connectivity index (χ0v) is 10.5. The van der Waals surface area contributed by atoms with E-state index in [0.29, 0.717) is 0 Å². The van der Waals surface area contributed by atoms with E-state index in [1.807, 2.05) is 0 Å². The van der Waals surface area contributed by atoms with E-state index < -0.39 is 10.0 Å². The van der Waals surface area contributed by atoms with Crippen LogP contribution in [0, 0.1) is 0 Å². The summed E-state index contributed by atoms with van der Waals surface area (Å²) in [6.45, 7) is 0.137. The molecule has 0 aromatic carbocycles. The fourth-order valence-corrected chi connectivity index (χ4v) is 2.96. The van der Waals surface area contributed by atoms with E-state index in [0.717, 1.165) is 17.0 Å². The van der Waals surface area contributed by atoms with E-state index in [-0.39, 0.29) is 16.0 Å². The summed E-state index contributed by atoms with van der Waals surface area (Å²) in [5, 5.41) is 11.0. The van der Waals surface area contributed by atoms with Crippen LogP contribution in [0.2, 0.25) is 0 Å². The first-order valence-corrected chi connectivity index (χ1v) is 6.84. The van der Waals surface area contributed by atoms with Crippen LogP contribution < -0.4 is 10.5 Å². The molecule has 0 amide bonds. The molecule has 0 fully saturated rings. The largest absolute Gasteiger partial charge is 0.374 e. The summed E-state index contributed by atoms with van der Waals surface area (Å²) in [5.74, 6) is 0. The number of nitrogens with zero attached hydrogens (tertiary/aromatic N) is 4. The Bertz CT molecular complexity index is 616. The van der Waals surface area contributed by atoms with Crippen LogP contribution in [0.1, 0.15) is 5.69 Å². The van der Waals surface area contributed by atoms with Crippen molar-refractivity contribution >= 4 is 26.5 Å². The molecule has 0 saturated heterocycles. The van der Waals surface area contributed by atoms with Gasteiger partial charge in [0.05, 0.1) is 12.2 Å². The second kappa shape index (κ2) is 4.39. The highest BCUT2D eigenvalue weighted by Crippen LogP contribution is 2.16. The summed E-state index contributed by atoms with van der Waals surface area (Å²) in [5.41, 5.74) is 6.07. The molecule has 0 aliphatic heterocycles. The van der Waals surface area contributed by atoms with Crippen LogP contribution in [0.3, 0.4) is 0 Å². The van der Waals surface area contributed by atoms with Crippen LogP contribution in [-0.2, 0) is 23.6 Å². The van der Waals surface area contributed by atoms with Gasteiger partial charge in [-0.05, 0) is 6.07 Å². The van der Waals surface area contributed by atoms with Gasteiger partial charge in [0.15, 0.2) is 0 Å². The molecule has 92 valence electrons. The number of anilines is 1. The van der Waals surface area contributed by atoms with Crippen LogP contribution in [0.4, 0.5) is 5.13 Å². The summed E-state index contributed by atoms with van der Waals surface area (Å²) in [4.78, 5) is 0. The van der Waals surface area contributed by atoms with Crippen molar-refractivity contribution in [3.8, 4) is 0 Å². The Kier molecular flexibility index (Phi) is 3.09. The summed E-state index contributed by atoms with van der Waals surface area (Å²) in [7, 11) is -1.93. The van der Waals surface area contributed by atoms with Gasteiger partial charge in [-0.2, -0.15) is 5.10 Å². The number of hydrogen-bond donors (Lipinski definition) is 2. The first-order valence-electron chi connectivity index (χ1n) is 4.54. The second-order valence-corrected chi connectivity index (χ2v) is 6.13. The predicted octanol–water partition coefficient (Wildman–Crippen LogP) is -0.668. The molecule has 0 saturated carbocycles. The van der Waals surface area contributed by atoms with Gasteiger partial charge in [-0.15, -0.1) is 10.2 Å². The topological polar surface area (TPSA) is 116 Å². The molecule has 8 nitrogen and oxygen atoms in total. The number of hydrogen-bond acceptors (Lipinski definition) is 7. The summed E-state index contributed by atoms with van der Waals surface area (Å²) in [6.07, 6.45) is 1.59. The normalized spacial score (nSPS) is 11.8. The highest BCUT2D eigenvalue weighted by atomic mass is 32.2. The molecule has 10 heteroatoms. The third-order valence-corrected chi connectivity index (χ3v) is 4.54. The van der Waals surface area contributed by atoms with Crippen molar-refractivity contribution in [3.63, 3.8) is 0 Å². The molecule has 17 heavy (non-hydrogen) atoms. The zero-order chi connectivity index (χ0) is 12.5. The average Bonchev–Trinajstić information content (AvgIpc) is 2.85. The highest BCUT2D eigenvalue weighted by molar-refractivity contribution is 7.91. The summed E-state index contributed by atoms with van der Waals surface area (Å²) in [6, 6.07) is 1.72. The Morgan fingerprint density at radius 1 is 1.53 bits per heavy atom. The molecule has 0 spiro atoms. The van der Waals surface area contributed by atoms with Gasteiger partial charge in [-0.3, -0.25) is 4.68 Å². The first-order chi connectivity index (χ1) is 7.99. The van der Waals surface area contributed by atoms with E-state index in [1.54, 1.807) is 24.0 Å². The van der Waals surface area contributed by atoms with E-state index in [9.17, 15) is 8.42 Å². The molecule has 0 unspecified atom stereocenters. The van der Waals surface area contributed by atoms with E-state index in [2.05, 4.69) is 20.0 Å². The third-order valence-electron chi connectivity index (χ3n) is 2.02. The monoisotopic (exact) mass is 274 g/mol. The number of nitrogen functional groups attached to an aromatic ring is 1. The van der Waals surface area contributed by atoms with Crippen LogP contribution in [0.25, 0.3) is 0 Å². The Morgan fingerprint density at radius 2 is 2.29 bits per heavy atom. The standard InChI is InChI=1S/C7H10N6O2S2/c1-13-5(2-3-9-13)4-10-17(14,15)7-12-11-6(8)16-7/h2-3,10H,4H2,1H3,(H2,8,11). The fourth-order valence-electron chi connectivity index (χ4n) is 1.13. The van der Waals surface area contributed by atoms with Crippen molar-refractivity contribution in [2.75, 3.05) is 5.73 Å². The molecule has 0 atom stereocenters. The highest BCUT2D eigenvalue weighted by Gasteiger charge is 2.19. The van der Waals surface area contributed by atoms with Crippen molar-refractivity contribution in [2.24, 2.45) is 7.05 Å². The van der Waals surface area contributed by atoms with Crippen LogP contribution in [-0.4, -0.2) is 28.4 Å². The van der Waals surface area contributed by atoms with Gasteiger partial charge in [0, 0.05) is 13.2 Å². The minimum atomic E-state index is -3.66. The van der Waals surface area contributed by atoms with Gasteiger partial charge in [0.2, 0.25) is 9.47 Å². The Morgan fingerprint density at radius 3 is 2.82 bits per heavy atom. The van der Waals surface area contributed by atoms with Gasteiger partial charge < -0.3 is 5.73 Å². The molecule has 2 rings (SSSR count). The molecule has 0 bridgehead atoms. The van der Waals surface area contributed by atoms with Gasteiger partial charge >= 0.3 is 0 Å². The molecular formula is C7H10N6O2S2. The molecule has 2 aromatic rings. The molecule has 0 aliphatic carbocycles. The third kappa shape index (κ3) is 2.60. The van der Waals surface area contributed by atoms with Crippen LogP contribution in [0.15, 0.2) is 16.6 Å². The molecule has 2 aromatic heterocycles. The van der Waals surface area contributed by atoms with Gasteiger partial charge in [-0.25, -0.2) is 13.1 Å². The zero-order valence-electron chi connectivity index (χ0n) is 8.86. The lowest BCUT2D eigenvalue weighted by atomic mass is 10.4. The Labute approximate surface area is 102 Å². The number of aryl methyl sites for hydroxylation is 1. The van der Waals surface area contributed by atoms with Crippen molar-refractivity contribution in [1.82, 2.24) is 24.7 Å². The fraction of sp³-hybridized carbons (Fsp3) is 0.286. The predicted molar refractivity (Wildman–Crippen MR) is 61.6 cm³/mol. The SMILES string of the molecule is Cn1nccc1CNS(=O)(=O)c1nnc(N)s1. The van der Waals surface area contributed by atoms with Crippen LogP contribution in [0.5, 0.6) is 0 Å². The first kappa shape index (κ1) is 12.0. The van der Waals surface area contributed by atoms with Crippen molar-refractivity contribution in [2.45, 2.75) is 10.9 Å². The maximum Gasteiger partial charge on any atom is 0.270 e. The molecule has 0 aliphatic rings. The number of rotatable bonds is 4. The number of aromatic nitrogens is 4. The van der Waals surface area contributed by atoms with Crippen molar-refractivity contribution in [3.05, 3.63) is 18.0 Å². The quantitative estimate of drug-likeness (QED) is 0.764. The lowest BCUT2D eigenvalue weighted by molar-refractivity contribution is 0.575. The maximum atomic E-state index is 11.8. The van der Waals surface area contributed by atoms with Crippen LogP contribution >= 0.6 is 11.3 Å². The number of nitrogens with two attached hydrogens (primary N) is 1. The van der Waals surface area contributed by atoms with Crippen molar-refractivity contribution < 1.29 is 8.42 Å². The van der Waals surface area contributed by atoms with Gasteiger partial charge in [-0.1, -0.05) is 11.3 Å². The maximum absolute atomic E-state index is 11.8. The lowest BCUT2D eigenvalue weighted by Crippen LogP contribution is -2.24. The second-order valence-electron chi connectivity index (χ2n) is 3.18. The molecule has 2 heterocycles. The average molecular weight is 274 g/mol. The molecular weight excluding hydrogens is 264 g/mol. The lowest BCUT2D eigenvalue weighted by Gasteiger charge is -2.03. The number of nitrogens with one attached hydrogen (secondary N) is 1.